The monoisotopic (exact) mass is 270 g/mol. The molecule has 0 aliphatic carbocycles. The number of hydrogen-bond acceptors (Lipinski definition) is 2. The van der Waals surface area contributed by atoms with Crippen molar-refractivity contribution in [3.05, 3.63) is 65.2 Å². The molecule has 2 aromatic rings. The molecule has 2 rings (SSSR count). The van der Waals surface area contributed by atoms with Gasteiger partial charge in [0.15, 0.2) is 5.78 Å². The quantitative estimate of drug-likeness (QED) is 0.593. The molecule has 0 saturated carbocycles. The number of ketones is 1. The normalized spacial score (nSPS) is 12.2. The van der Waals surface area contributed by atoms with E-state index in [1.807, 2.05) is 37.3 Å². The van der Waals surface area contributed by atoms with Crippen LogP contribution in [-0.4, -0.2) is 11.0 Å². The van der Waals surface area contributed by atoms with Gasteiger partial charge in [-0.25, -0.2) is 0 Å². The molecule has 0 radical (unpaired) electrons. The van der Waals surface area contributed by atoms with Gasteiger partial charge in [-0.15, -0.1) is 11.8 Å². The van der Waals surface area contributed by atoms with Crippen molar-refractivity contribution in [2.45, 2.75) is 30.9 Å². The van der Waals surface area contributed by atoms with Crippen LogP contribution in [0.4, 0.5) is 0 Å². The number of thioether (sulfide) groups is 1. The fraction of sp³-hybridized carbons (Fsp3) is 0.235. The molecule has 0 saturated heterocycles. The van der Waals surface area contributed by atoms with Crippen molar-refractivity contribution in [3.63, 3.8) is 0 Å². The van der Waals surface area contributed by atoms with Crippen LogP contribution in [0, 0.1) is 13.8 Å². The van der Waals surface area contributed by atoms with Crippen molar-refractivity contribution >= 4 is 17.5 Å². The number of benzene rings is 2. The first-order chi connectivity index (χ1) is 9.08. The Balaban J connectivity index is 2.15. The first kappa shape index (κ1) is 13.9. The number of rotatable bonds is 4. The third-order valence-electron chi connectivity index (χ3n) is 3.07. The van der Waals surface area contributed by atoms with Gasteiger partial charge in [-0.1, -0.05) is 48.0 Å². The Kier molecular flexibility index (Phi) is 4.43. The van der Waals surface area contributed by atoms with Gasteiger partial charge in [0.05, 0.1) is 5.25 Å². The summed E-state index contributed by atoms with van der Waals surface area (Å²) in [6.45, 7) is 6.14. The van der Waals surface area contributed by atoms with E-state index in [-0.39, 0.29) is 11.0 Å². The van der Waals surface area contributed by atoms with E-state index < -0.39 is 0 Å². The summed E-state index contributed by atoms with van der Waals surface area (Å²) in [5, 5.41) is -0.0668. The zero-order chi connectivity index (χ0) is 13.8. The maximum Gasteiger partial charge on any atom is 0.175 e. The Morgan fingerprint density at radius 3 is 2.42 bits per heavy atom. The molecule has 0 aliphatic rings. The third kappa shape index (κ3) is 3.48. The molecular formula is C17H18OS. The van der Waals surface area contributed by atoms with Crippen molar-refractivity contribution in [1.29, 1.82) is 0 Å². The van der Waals surface area contributed by atoms with E-state index in [4.69, 9.17) is 0 Å². The predicted molar refractivity (Wildman–Crippen MR) is 82.0 cm³/mol. The lowest BCUT2D eigenvalue weighted by atomic mass is 10.1. The van der Waals surface area contributed by atoms with Crippen LogP contribution in [0.5, 0.6) is 0 Å². The molecule has 2 aromatic carbocycles. The van der Waals surface area contributed by atoms with Gasteiger partial charge in [0.1, 0.15) is 0 Å². The zero-order valence-electron chi connectivity index (χ0n) is 11.5. The number of aryl methyl sites for hydroxylation is 2. The van der Waals surface area contributed by atoms with E-state index in [0.29, 0.717) is 0 Å². The largest absolute Gasteiger partial charge is 0.293 e. The molecule has 1 nitrogen and oxygen atoms in total. The highest BCUT2D eigenvalue weighted by Gasteiger charge is 2.16. The standard InChI is InChI=1S/C17H18OS/c1-12-9-10-13(2)16(11-12)19-14(3)17(18)15-7-5-4-6-8-15/h4-11,14H,1-3H3. The van der Waals surface area contributed by atoms with Gasteiger partial charge in [-0.3, -0.25) is 4.79 Å². The minimum Gasteiger partial charge on any atom is -0.293 e. The van der Waals surface area contributed by atoms with Crippen molar-refractivity contribution in [2.24, 2.45) is 0 Å². The highest BCUT2D eigenvalue weighted by atomic mass is 32.2. The molecule has 0 N–H and O–H groups in total. The molecule has 0 amide bonds. The van der Waals surface area contributed by atoms with Gasteiger partial charge < -0.3 is 0 Å². The summed E-state index contributed by atoms with van der Waals surface area (Å²) in [7, 11) is 0. The first-order valence-corrected chi connectivity index (χ1v) is 7.29. The summed E-state index contributed by atoms with van der Waals surface area (Å²) in [6, 6.07) is 15.9. The summed E-state index contributed by atoms with van der Waals surface area (Å²) >= 11 is 1.64. The van der Waals surface area contributed by atoms with Crippen molar-refractivity contribution in [1.82, 2.24) is 0 Å². The third-order valence-corrected chi connectivity index (χ3v) is 4.34. The minimum atomic E-state index is -0.0668. The molecule has 0 heterocycles. The van der Waals surface area contributed by atoms with Crippen molar-refractivity contribution in [2.75, 3.05) is 0 Å². The van der Waals surface area contributed by atoms with Gasteiger partial charge >= 0.3 is 0 Å². The SMILES string of the molecule is Cc1ccc(C)c(SC(C)C(=O)c2ccccc2)c1. The smallest absolute Gasteiger partial charge is 0.175 e. The molecule has 2 heteroatoms. The topological polar surface area (TPSA) is 17.1 Å². The Morgan fingerprint density at radius 2 is 1.74 bits per heavy atom. The zero-order valence-corrected chi connectivity index (χ0v) is 12.3. The van der Waals surface area contributed by atoms with Crippen LogP contribution < -0.4 is 0 Å². The molecule has 0 aromatic heterocycles. The van der Waals surface area contributed by atoms with Crippen LogP contribution in [-0.2, 0) is 0 Å². The molecule has 0 spiro atoms. The molecule has 0 fully saturated rings. The summed E-state index contributed by atoms with van der Waals surface area (Å²) in [6.07, 6.45) is 0. The van der Waals surface area contributed by atoms with E-state index in [1.54, 1.807) is 11.8 Å². The maximum absolute atomic E-state index is 12.3. The molecule has 1 atom stereocenters. The highest BCUT2D eigenvalue weighted by Crippen LogP contribution is 2.29. The first-order valence-electron chi connectivity index (χ1n) is 6.41. The Labute approximate surface area is 119 Å². The van der Waals surface area contributed by atoms with Crippen LogP contribution in [0.1, 0.15) is 28.4 Å². The molecule has 0 aliphatic heterocycles. The average molecular weight is 270 g/mol. The number of carbonyl (C=O) groups is 1. The second kappa shape index (κ2) is 6.07. The van der Waals surface area contributed by atoms with Crippen molar-refractivity contribution in [3.8, 4) is 0 Å². The minimum absolute atomic E-state index is 0.0668. The average Bonchev–Trinajstić information content (AvgIpc) is 2.43. The van der Waals surface area contributed by atoms with E-state index in [9.17, 15) is 4.79 Å². The lowest BCUT2D eigenvalue weighted by Gasteiger charge is -2.12. The van der Waals surface area contributed by atoms with Crippen LogP contribution in [0.15, 0.2) is 53.4 Å². The van der Waals surface area contributed by atoms with E-state index in [2.05, 4.69) is 32.0 Å². The van der Waals surface area contributed by atoms with Gasteiger partial charge in [-0.05, 0) is 32.4 Å². The Morgan fingerprint density at radius 1 is 1.05 bits per heavy atom. The van der Waals surface area contributed by atoms with Crippen LogP contribution in [0.25, 0.3) is 0 Å². The molecule has 0 bridgehead atoms. The van der Waals surface area contributed by atoms with Gasteiger partial charge in [0.2, 0.25) is 0 Å². The van der Waals surface area contributed by atoms with Crippen LogP contribution >= 0.6 is 11.8 Å². The summed E-state index contributed by atoms with van der Waals surface area (Å²) < 4.78 is 0. The molecule has 98 valence electrons. The second-order valence-electron chi connectivity index (χ2n) is 4.76. The lowest BCUT2D eigenvalue weighted by Crippen LogP contribution is -2.13. The van der Waals surface area contributed by atoms with E-state index >= 15 is 0 Å². The van der Waals surface area contributed by atoms with E-state index in [0.717, 1.165) is 5.56 Å². The molecule has 19 heavy (non-hydrogen) atoms. The second-order valence-corrected chi connectivity index (χ2v) is 6.14. The maximum atomic E-state index is 12.3. The van der Waals surface area contributed by atoms with Gasteiger partial charge in [0, 0.05) is 10.5 Å². The van der Waals surface area contributed by atoms with Crippen LogP contribution in [0.2, 0.25) is 0 Å². The number of Topliss-reactive ketones (excluding diaryl/α,β-unsaturated/α-hetero) is 1. The fourth-order valence-corrected chi connectivity index (χ4v) is 3.05. The Bertz CT molecular complexity index is 575. The summed E-state index contributed by atoms with van der Waals surface area (Å²) in [4.78, 5) is 13.5. The van der Waals surface area contributed by atoms with Gasteiger partial charge in [-0.2, -0.15) is 0 Å². The molecule has 1 unspecified atom stereocenters. The fourth-order valence-electron chi connectivity index (χ4n) is 1.92. The predicted octanol–water partition coefficient (Wildman–Crippen LogP) is 4.67. The molecular weight excluding hydrogens is 252 g/mol. The van der Waals surface area contributed by atoms with Gasteiger partial charge in [0.25, 0.3) is 0 Å². The summed E-state index contributed by atoms with van der Waals surface area (Å²) in [5.74, 6) is 0.187. The van der Waals surface area contributed by atoms with Crippen molar-refractivity contribution < 1.29 is 4.79 Å². The Hall–Kier alpha value is -1.54. The number of hydrogen-bond donors (Lipinski definition) is 0. The van der Waals surface area contributed by atoms with Crippen LogP contribution in [0.3, 0.4) is 0 Å². The van der Waals surface area contributed by atoms with E-state index in [1.165, 1.54) is 16.0 Å². The number of carbonyl (C=O) groups excluding carboxylic acids is 1. The highest BCUT2D eigenvalue weighted by molar-refractivity contribution is 8.00. The summed E-state index contributed by atoms with van der Waals surface area (Å²) in [5.41, 5.74) is 3.24. The lowest BCUT2D eigenvalue weighted by molar-refractivity contribution is 0.0994.